The van der Waals surface area contributed by atoms with Crippen LogP contribution in [0.5, 0.6) is 0 Å². The summed E-state index contributed by atoms with van der Waals surface area (Å²) in [7, 11) is 0. The van der Waals surface area contributed by atoms with Crippen LogP contribution in [-0.2, 0) is 0 Å². The summed E-state index contributed by atoms with van der Waals surface area (Å²) in [5.41, 5.74) is 1.01. The van der Waals surface area contributed by atoms with E-state index in [1.54, 1.807) is 0 Å². The number of hydrogen-bond acceptors (Lipinski definition) is 3. The summed E-state index contributed by atoms with van der Waals surface area (Å²) in [6.07, 6.45) is 2.97. The van der Waals surface area contributed by atoms with Crippen LogP contribution in [0.25, 0.3) is 11.3 Å². The van der Waals surface area contributed by atoms with Crippen LogP contribution in [0.1, 0.15) is 0 Å². The summed E-state index contributed by atoms with van der Waals surface area (Å²) in [6.45, 7) is 0. The lowest BCUT2D eigenvalue weighted by Gasteiger charge is -2.00. The normalized spacial score (nSPS) is 10.2. The van der Waals surface area contributed by atoms with E-state index in [1.807, 2.05) is 0 Å². The van der Waals surface area contributed by atoms with Crippen molar-refractivity contribution >= 4 is 17.3 Å². The van der Waals surface area contributed by atoms with Crippen LogP contribution in [0.15, 0.2) is 30.7 Å². The summed E-state index contributed by atoms with van der Waals surface area (Å²) in [5.74, 6) is 0. The lowest BCUT2D eigenvalue weighted by atomic mass is 10.1. The van der Waals surface area contributed by atoms with Crippen molar-refractivity contribution in [3.05, 3.63) is 45.9 Å². The first-order chi connectivity index (χ1) is 7.18. The van der Waals surface area contributed by atoms with Gasteiger partial charge in [-0.1, -0.05) is 11.6 Å². The van der Waals surface area contributed by atoms with Crippen molar-refractivity contribution in [3.63, 3.8) is 0 Å². The van der Waals surface area contributed by atoms with Crippen LogP contribution in [0.4, 0.5) is 5.69 Å². The van der Waals surface area contributed by atoms with Crippen molar-refractivity contribution in [2.24, 2.45) is 0 Å². The summed E-state index contributed by atoms with van der Waals surface area (Å²) >= 11 is 5.78. The summed E-state index contributed by atoms with van der Waals surface area (Å²) < 4.78 is 0. The van der Waals surface area contributed by atoms with Crippen molar-refractivity contribution in [2.75, 3.05) is 0 Å². The number of rotatable bonds is 2. The monoisotopic (exact) mass is 223 g/mol. The second-order valence-electron chi connectivity index (χ2n) is 2.88. The van der Waals surface area contributed by atoms with E-state index in [1.165, 1.54) is 30.7 Å². The lowest BCUT2D eigenvalue weighted by molar-refractivity contribution is -0.384. The van der Waals surface area contributed by atoms with E-state index in [4.69, 9.17) is 11.6 Å². The predicted octanol–water partition coefficient (Wildman–Crippen LogP) is 2.64. The fourth-order valence-electron chi connectivity index (χ4n) is 1.29. The summed E-state index contributed by atoms with van der Waals surface area (Å²) in [4.78, 5) is 16.9. The molecule has 0 saturated carbocycles. The van der Waals surface area contributed by atoms with E-state index in [0.29, 0.717) is 16.3 Å². The van der Waals surface area contributed by atoms with Gasteiger partial charge in [0.25, 0.3) is 5.69 Å². The first kappa shape index (κ1) is 9.67. The number of benzene rings is 1. The zero-order valence-corrected chi connectivity index (χ0v) is 8.23. The van der Waals surface area contributed by atoms with Gasteiger partial charge in [0.1, 0.15) is 0 Å². The Hall–Kier alpha value is -1.88. The van der Waals surface area contributed by atoms with Crippen LogP contribution in [-0.4, -0.2) is 14.9 Å². The standard InChI is InChI=1S/C9H6ClN3O2/c10-6-1-2-9(13(14)15)7(3-6)8-4-11-5-12-8/h1-5H,(H,11,12). The molecule has 0 spiro atoms. The molecule has 0 fully saturated rings. The molecule has 6 heteroatoms. The van der Waals surface area contributed by atoms with Gasteiger partial charge in [0.15, 0.2) is 0 Å². The number of nitrogens with zero attached hydrogens (tertiary/aromatic N) is 2. The first-order valence-electron chi connectivity index (χ1n) is 4.11. The third-order valence-electron chi connectivity index (χ3n) is 1.94. The highest BCUT2D eigenvalue weighted by molar-refractivity contribution is 6.31. The number of aromatic nitrogens is 2. The summed E-state index contributed by atoms with van der Waals surface area (Å²) in [5, 5.41) is 11.2. The Bertz CT molecular complexity index is 496. The van der Waals surface area contributed by atoms with E-state index in [9.17, 15) is 10.1 Å². The van der Waals surface area contributed by atoms with Gasteiger partial charge in [-0.3, -0.25) is 10.1 Å². The maximum atomic E-state index is 10.8. The third-order valence-corrected chi connectivity index (χ3v) is 2.18. The molecule has 1 N–H and O–H groups in total. The molecule has 0 bridgehead atoms. The first-order valence-corrected chi connectivity index (χ1v) is 4.49. The molecule has 2 rings (SSSR count). The Labute approximate surface area is 89.9 Å². The Morgan fingerprint density at radius 2 is 2.27 bits per heavy atom. The smallest absolute Gasteiger partial charge is 0.278 e. The summed E-state index contributed by atoms with van der Waals surface area (Å²) in [6, 6.07) is 4.39. The van der Waals surface area contributed by atoms with Crippen LogP contribution >= 0.6 is 11.6 Å². The fraction of sp³-hybridized carbons (Fsp3) is 0. The molecule has 1 heterocycles. The highest BCUT2D eigenvalue weighted by Crippen LogP contribution is 2.30. The molecule has 2 aromatic rings. The van der Waals surface area contributed by atoms with Crippen molar-refractivity contribution in [1.82, 2.24) is 9.97 Å². The molecule has 0 atom stereocenters. The minimum atomic E-state index is -0.452. The number of aromatic amines is 1. The quantitative estimate of drug-likeness (QED) is 0.628. The minimum absolute atomic E-state index is 0.00338. The molecule has 0 aliphatic heterocycles. The number of nitro benzene ring substituents is 1. The zero-order chi connectivity index (χ0) is 10.8. The van der Waals surface area contributed by atoms with Gasteiger partial charge in [0, 0.05) is 11.1 Å². The number of hydrogen-bond donors (Lipinski definition) is 1. The van der Waals surface area contributed by atoms with Crippen molar-refractivity contribution in [2.45, 2.75) is 0 Å². The molecule has 0 amide bonds. The SMILES string of the molecule is O=[N+]([O-])c1ccc(Cl)cc1-c1cnc[nH]1. The number of nitro groups is 1. The van der Waals surface area contributed by atoms with E-state index in [2.05, 4.69) is 9.97 Å². The van der Waals surface area contributed by atoms with Crippen LogP contribution < -0.4 is 0 Å². The van der Waals surface area contributed by atoms with E-state index in [-0.39, 0.29) is 5.69 Å². The Balaban J connectivity index is 2.63. The maximum absolute atomic E-state index is 10.8. The highest BCUT2D eigenvalue weighted by atomic mass is 35.5. The average molecular weight is 224 g/mol. The molecule has 1 aromatic carbocycles. The second kappa shape index (κ2) is 3.70. The minimum Gasteiger partial charge on any atom is -0.344 e. The van der Waals surface area contributed by atoms with Crippen LogP contribution in [0.2, 0.25) is 5.02 Å². The van der Waals surface area contributed by atoms with Gasteiger partial charge in [-0.2, -0.15) is 0 Å². The third kappa shape index (κ3) is 1.82. The molecular weight excluding hydrogens is 218 g/mol. The second-order valence-corrected chi connectivity index (χ2v) is 3.32. The van der Waals surface area contributed by atoms with E-state index in [0.717, 1.165) is 0 Å². The molecule has 5 nitrogen and oxygen atoms in total. The number of H-pyrrole nitrogens is 1. The molecule has 0 unspecified atom stereocenters. The van der Waals surface area contributed by atoms with E-state index >= 15 is 0 Å². The van der Waals surface area contributed by atoms with Crippen molar-refractivity contribution in [1.29, 1.82) is 0 Å². The predicted molar refractivity (Wildman–Crippen MR) is 55.7 cm³/mol. The molecular formula is C9H6ClN3O2. The average Bonchev–Trinajstić information content (AvgIpc) is 2.69. The largest absolute Gasteiger partial charge is 0.344 e. The molecule has 0 radical (unpaired) electrons. The molecule has 1 aromatic heterocycles. The van der Waals surface area contributed by atoms with Gasteiger partial charge >= 0.3 is 0 Å². The van der Waals surface area contributed by atoms with Crippen LogP contribution in [0.3, 0.4) is 0 Å². The molecule has 0 saturated heterocycles. The molecule has 0 aliphatic rings. The van der Waals surface area contributed by atoms with Gasteiger partial charge in [-0.05, 0) is 12.1 Å². The maximum Gasteiger partial charge on any atom is 0.278 e. The Morgan fingerprint density at radius 1 is 1.47 bits per heavy atom. The van der Waals surface area contributed by atoms with Crippen molar-refractivity contribution in [3.8, 4) is 11.3 Å². The number of nitrogens with one attached hydrogen (secondary N) is 1. The molecule has 15 heavy (non-hydrogen) atoms. The van der Waals surface area contributed by atoms with Crippen molar-refractivity contribution < 1.29 is 4.92 Å². The van der Waals surface area contributed by atoms with Gasteiger partial charge in [0.2, 0.25) is 0 Å². The number of imidazole rings is 1. The topological polar surface area (TPSA) is 71.8 Å². The van der Waals surface area contributed by atoms with Crippen LogP contribution in [0, 0.1) is 10.1 Å². The van der Waals surface area contributed by atoms with Gasteiger partial charge < -0.3 is 4.98 Å². The fourth-order valence-corrected chi connectivity index (χ4v) is 1.46. The zero-order valence-electron chi connectivity index (χ0n) is 7.48. The molecule has 76 valence electrons. The Morgan fingerprint density at radius 3 is 2.87 bits per heavy atom. The lowest BCUT2D eigenvalue weighted by Crippen LogP contribution is -1.91. The van der Waals surface area contributed by atoms with Gasteiger partial charge in [-0.15, -0.1) is 0 Å². The van der Waals surface area contributed by atoms with Gasteiger partial charge in [-0.25, -0.2) is 4.98 Å². The number of halogens is 1. The van der Waals surface area contributed by atoms with Gasteiger partial charge in [0.05, 0.1) is 28.7 Å². The Kier molecular flexibility index (Phi) is 2.39. The highest BCUT2D eigenvalue weighted by Gasteiger charge is 2.16. The molecule has 0 aliphatic carbocycles. The van der Waals surface area contributed by atoms with E-state index < -0.39 is 4.92 Å².